The molecule has 2 aromatic rings. The minimum absolute atomic E-state index is 0.104. The van der Waals surface area contributed by atoms with E-state index in [2.05, 4.69) is 10.4 Å². The Morgan fingerprint density at radius 2 is 2.20 bits per heavy atom. The highest BCUT2D eigenvalue weighted by atomic mass is 35.5. The van der Waals surface area contributed by atoms with Crippen LogP contribution < -0.4 is 16.0 Å². The van der Waals surface area contributed by atoms with E-state index >= 15 is 0 Å². The Morgan fingerprint density at radius 1 is 1.40 bits per heavy atom. The SMILES string of the molecule is NNc1cc([N+](=O)[O-])cc(OCc2cccc(Cl)c2)n1. The molecule has 0 spiro atoms. The molecule has 1 heterocycles. The highest BCUT2D eigenvalue weighted by Gasteiger charge is 2.11. The summed E-state index contributed by atoms with van der Waals surface area (Å²) in [5.41, 5.74) is 2.92. The van der Waals surface area contributed by atoms with E-state index in [-0.39, 0.29) is 24.0 Å². The highest BCUT2D eigenvalue weighted by molar-refractivity contribution is 6.30. The van der Waals surface area contributed by atoms with Crippen LogP contribution in [0.15, 0.2) is 36.4 Å². The van der Waals surface area contributed by atoms with Crippen molar-refractivity contribution in [2.24, 2.45) is 5.84 Å². The van der Waals surface area contributed by atoms with Gasteiger partial charge in [-0.25, -0.2) is 5.84 Å². The van der Waals surface area contributed by atoms with Gasteiger partial charge in [0, 0.05) is 5.02 Å². The van der Waals surface area contributed by atoms with E-state index in [1.807, 2.05) is 6.07 Å². The highest BCUT2D eigenvalue weighted by Crippen LogP contribution is 2.22. The number of hydrogen-bond donors (Lipinski definition) is 2. The molecule has 2 rings (SSSR count). The zero-order valence-electron chi connectivity index (χ0n) is 10.2. The Hall–Kier alpha value is -2.38. The van der Waals surface area contributed by atoms with Crippen LogP contribution in [0.1, 0.15) is 5.56 Å². The molecule has 0 unspecified atom stereocenters. The van der Waals surface area contributed by atoms with Crippen molar-refractivity contribution in [3.63, 3.8) is 0 Å². The van der Waals surface area contributed by atoms with E-state index in [1.165, 1.54) is 12.1 Å². The second-order valence-corrected chi connectivity index (χ2v) is 4.31. The summed E-state index contributed by atoms with van der Waals surface area (Å²) in [7, 11) is 0. The summed E-state index contributed by atoms with van der Waals surface area (Å²) in [6.45, 7) is 0.193. The number of nitrogens with zero attached hydrogens (tertiary/aromatic N) is 2. The number of hydrazine groups is 1. The third kappa shape index (κ3) is 3.56. The maximum Gasteiger partial charge on any atom is 0.278 e. The first-order valence-electron chi connectivity index (χ1n) is 5.59. The van der Waals surface area contributed by atoms with E-state index in [4.69, 9.17) is 22.2 Å². The molecular weight excluding hydrogens is 284 g/mol. The topological polar surface area (TPSA) is 103 Å². The van der Waals surface area contributed by atoms with Crippen molar-refractivity contribution in [1.82, 2.24) is 4.98 Å². The van der Waals surface area contributed by atoms with Crippen molar-refractivity contribution in [1.29, 1.82) is 0 Å². The molecule has 20 heavy (non-hydrogen) atoms. The summed E-state index contributed by atoms with van der Waals surface area (Å²) in [5.74, 6) is 5.46. The molecule has 0 saturated heterocycles. The van der Waals surface area contributed by atoms with Gasteiger partial charge in [-0.3, -0.25) is 10.1 Å². The maximum absolute atomic E-state index is 10.8. The van der Waals surface area contributed by atoms with Gasteiger partial charge in [0.2, 0.25) is 5.88 Å². The Labute approximate surface area is 119 Å². The lowest BCUT2D eigenvalue weighted by molar-refractivity contribution is -0.384. The van der Waals surface area contributed by atoms with Gasteiger partial charge in [0.1, 0.15) is 6.61 Å². The van der Waals surface area contributed by atoms with Crippen LogP contribution in [-0.4, -0.2) is 9.91 Å². The average molecular weight is 295 g/mol. The van der Waals surface area contributed by atoms with Gasteiger partial charge in [0.05, 0.1) is 17.1 Å². The number of benzene rings is 1. The number of pyridine rings is 1. The number of halogens is 1. The van der Waals surface area contributed by atoms with E-state index in [0.29, 0.717) is 5.02 Å². The third-order valence-corrected chi connectivity index (χ3v) is 2.66. The van der Waals surface area contributed by atoms with Crippen molar-refractivity contribution >= 4 is 23.1 Å². The minimum atomic E-state index is -0.547. The lowest BCUT2D eigenvalue weighted by atomic mass is 10.2. The van der Waals surface area contributed by atoms with Crippen LogP contribution in [0.2, 0.25) is 5.02 Å². The standard InChI is InChI=1S/C12H11ClN4O3/c13-9-3-1-2-8(4-9)7-20-12-6-10(17(18)19)5-11(15-12)16-14/h1-6H,7,14H2,(H,15,16). The number of aromatic nitrogens is 1. The van der Waals surface area contributed by atoms with Crippen LogP contribution in [0.5, 0.6) is 5.88 Å². The summed E-state index contributed by atoms with van der Waals surface area (Å²) in [6.07, 6.45) is 0. The molecule has 0 aliphatic rings. The number of anilines is 1. The normalized spacial score (nSPS) is 10.1. The van der Waals surface area contributed by atoms with Gasteiger partial charge in [-0.15, -0.1) is 0 Å². The molecule has 0 saturated carbocycles. The number of nitrogens with one attached hydrogen (secondary N) is 1. The van der Waals surface area contributed by atoms with Crippen LogP contribution in [0.25, 0.3) is 0 Å². The van der Waals surface area contributed by atoms with Gasteiger partial charge < -0.3 is 10.2 Å². The molecule has 0 radical (unpaired) electrons. The molecular formula is C12H11ClN4O3. The molecule has 104 valence electrons. The monoisotopic (exact) mass is 294 g/mol. The van der Waals surface area contributed by atoms with Gasteiger partial charge in [-0.2, -0.15) is 4.98 Å². The average Bonchev–Trinajstić information content (AvgIpc) is 2.45. The first-order chi connectivity index (χ1) is 9.58. The Bertz CT molecular complexity index is 636. The summed E-state index contributed by atoms with van der Waals surface area (Å²) >= 11 is 5.85. The van der Waals surface area contributed by atoms with Crippen molar-refractivity contribution in [2.75, 3.05) is 5.43 Å². The van der Waals surface area contributed by atoms with E-state index in [9.17, 15) is 10.1 Å². The molecule has 0 amide bonds. The summed E-state index contributed by atoms with van der Waals surface area (Å²) < 4.78 is 5.41. The quantitative estimate of drug-likeness (QED) is 0.499. The van der Waals surface area contributed by atoms with Crippen LogP contribution in [0.3, 0.4) is 0 Å². The molecule has 3 N–H and O–H groups in total. The van der Waals surface area contributed by atoms with Gasteiger partial charge >= 0.3 is 0 Å². The molecule has 1 aromatic heterocycles. The minimum Gasteiger partial charge on any atom is -0.473 e. The van der Waals surface area contributed by atoms with Gasteiger partial charge in [-0.1, -0.05) is 23.7 Å². The lowest BCUT2D eigenvalue weighted by Gasteiger charge is -2.07. The number of hydrogen-bond acceptors (Lipinski definition) is 6. The molecule has 0 bridgehead atoms. The molecule has 8 heteroatoms. The Morgan fingerprint density at radius 3 is 2.85 bits per heavy atom. The van der Waals surface area contributed by atoms with Crippen molar-refractivity contribution in [3.05, 3.63) is 57.1 Å². The molecule has 0 aliphatic carbocycles. The van der Waals surface area contributed by atoms with Gasteiger partial charge in [0.15, 0.2) is 5.82 Å². The largest absolute Gasteiger partial charge is 0.473 e. The zero-order valence-corrected chi connectivity index (χ0v) is 11.0. The van der Waals surface area contributed by atoms with Crippen molar-refractivity contribution < 1.29 is 9.66 Å². The van der Waals surface area contributed by atoms with Crippen molar-refractivity contribution in [3.8, 4) is 5.88 Å². The van der Waals surface area contributed by atoms with Crippen LogP contribution in [-0.2, 0) is 6.61 Å². The fourth-order valence-corrected chi connectivity index (χ4v) is 1.74. The van der Waals surface area contributed by atoms with Crippen LogP contribution in [0.4, 0.5) is 11.5 Å². The molecule has 0 aliphatic heterocycles. The first kappa shape index (κ1) is 14.0. The summed E-state index contributed by atoms with van der Waals surface area (Å²) in [6, 6.07) is 9.53. The second kappa shape index (κ2) is 6.18. The third-order valence-electron chi connectivity index (χ3n) is 2.42. The van der Waals surface area contributed by atoms with E-state index < -0.39 is 4.92 Å². The Balaban J connectivity index is 2.16. The smallest absolute Gasteiger partial charge is 0.278 e. The lowest BCUT2D eigenvalue weighted by Crippen LogP contribution is -2.10. The fraction of sp³-hybridized carbons (Fsp3) is 0.0833. The summed E-state index contributed by atoms with van der Waals surface area (Å²) in [5, 5.41) is 11.4. The first-order valence-corrected chi connectivity index (χ1v) is 5.96. The van der Waals surface area contributed by atoms with E-state index in [1.54, 1.807) is 18.2 Å². The molecule has 0 fully saturated rings. The fourth-order valence-electron chi connectivity index (χ4n) is 1.53. The second-order valence-electron chi connectivity index (χ2n) is 3.87. The number of rotatable bonds is 5. The van der Waals surface area contributed by atoms with E-state index in [0.717, 1.165) is 5.56 Å². The molecule has 7 nitrogen and oxygen atoms in total. The maximum atomic E-state index is 10.8. The Kier molecular flexibility index (Phi) is 4.34. The molecule has 1 aromatic carbocycles. The van der Waals surface area contributed by atoms with Crippen LogP contribution >= 0.6 is 11.6 Å². The van der Waals surface area contributed by atoms with Crippen molar-refractivity contribution in [2.45, 2.75) is 6.61 Å². The number of nitro groups is 1. The van der Waals surface area contributed by atoms with Crippen LogP contribution in [0, 0.1) is 10.1 Å². The zero-order chi connectivity index (χ0) is 14.5. The predicted molar refractivity (Wildman–Crippen MR) is 74.5 cm³/mol. The number of nitrogen functional groups attached to an aromatic ring is 1. The van der Waals surface area contributed by atoms with Gasteiger partial charge in [0.25, 0.3) is 5.69 Å². The molecule has 0 atom stereocenters. The van der Waals surface area contributed by atoms with Gasteiger partial charge in [-0.05, 0) is 17.7 Å². The predicted octanol–water partition coefficient (Wildman–Crippen LogP) is 2.51. The summed E-state index contributed by atoms with van der Waals surface area (Å²) in [4.78, 5) is 14.2. The number of nitrogens with two attached hydrogens (primary N) is 1. The number of ether oxygens (including phenoxy) is 1.